The highest BCUT2D eigenvalue weighted by Crippen LogP contribution is 2.63. The Bertz CT molecular complexity index is 260. The summed E-state index contributed by atoms with van der Waals surface area (Å²) in [6.07, 6.45) is 4.87. The van der Waals surface area contributed by atoms with E-state index in [-0.39, 0.29) is 24.5 Å². The van der Waals surface area contributed by atoms with Gasteiger partial charge in [-0.15, -0.1) is 0 Å². The van der Waals surface area contributed by atoms with E-state index in [1.807, 2.05) is 0 Å². The zero-order valence-corrected chi connectivity index (χ0v) is 7.62. The molecule has 0 aromatic carbocycles. The highest BCUT2D eigenvalue weighted by molar-refractivity contribution is 5.82. The zero-order chi connectivity index (χ0) is 9.05. The van der Waals surface area contributed by atoms with Gasteiger partial charge in [0.1, 0.15) is 0 Å². The van der Waals surface area contributed by atoms with E-state index in [9.17, 15) is 4.79 Å². The molecule has 3 fully saturated rings. The highest BCUT2D eigenvalue weighted by Gasteiger charge is 2.58. The first kappa shape index (κ1) is 7.80. The molecule has 3 rings (SSSR count). The Morgan fingerprint density at radius 3 is 2.85 bits per heavy atom. The van der Waals surface area contributed by atoms with E-state index >= 15 is 0 Å². The molecular formula is C10H15NO2. The lowest BCUT2D eigenvalue weighted by Gasteiger charge is -2.15. The minimum atomic E-state index is 0.0532. The number of rotatable bonds is 1. The summed E-state index contributed by atoms with van der Waals surface area (Å²) < 4.78 is 0. The van der Waals surface area contributed by atoms with Crippen LogP contribution in [-0.4, -0.2) is 23.7 Å². The molecule has 0 bridgehead atoms. The molecule has 3 atom stereocenters. The second-order valence-corrected chi connectivity index (χ2v) is 4.98. The van der Waals surface area contributed by atoms with Crippen molar-refractivity contribution in [3.8, 4) is 0 Å². The van der Waals surface area contributed by atoms with E-state index in [4.69, 9.17) is 5.11 Å². The van der Waals surface area contributed by atoms with Gasteiger partial charge >= 0.3 is 0 Å². The molecule has 0 aromatic rings. The van der Waals surface area contributed by atoms with Crippen LogP contribution in [-0.2, 0) is 4.79 Å². The van der Waals surface area contributed by atoms with Gasteiger partial charge < -0.3 is 10.4 Å². The van der Waals surface area contributed by atoms with Crippen LogP contribution >= 0.6 is 0 Å². The zero-order valence-electron chi connectivity index (χ0n) is 7.62. The Kier molecular flexibility index (Phi) is 1.36. The summed E-state index contributed by atoms with van der Waals surface area (Å²) in [5, 5.41) is 12.0. The lowest BCUT2D eigenvalue weighted by molar-refractivity contribution is -0.123. The summed E-state index contributed by atoms with van der Waals surface area (Å²) >= 11 is 0. The third-order valence-corrected chi connectivity index (χ3v) is 4.17. The second-order valence-electron chi connectivity index (χ2n) is 4.98. The van der Waals surface area contributed by atoms with Crippen LogP contribution in [0.5, 0.6) is 0 Å². The molecule has 2 N–H and O–H groups in total. The van der Waals surface area contributed by atoms with Crippen molar-refractivity contribution in [2.24, 2.45) is 17.3 Å². The highest BCUT2D eigenvalue weighted by atomic mass is 16.3. The number of carbonyl (C=O) groups is 1. The van der Waals surface area contributed by atoms with Crippen LogP contribution in [0.4, 0.5) is 0 Å². The number of hydrogen-bond acceptors (Lipinski definition) is 2. The van der Waals surface area contributed by atoms with Gasteiger partial charge in [0, 0.05) is 5.92 Å². The molecule has 1 saturated heterocycles. The lowest BCUT2D eigenvalue weighted by Crippen LogP contribution is -2.33. The van der Waals surface area contributed by atoms with E-state index in [2.05, 4.69) is 5.32 Å². The number of fused-ring (bicyclic) bond motifs is 1. The normalized spacial score (nSPS) is 45.0. The molecule has 3 nitrogen and oxygen atoms in total. The van der Waals surface area contributed by atoms with Gasteiger partial charge in [-0.05, 0) is 37.0 Å². The van der Waals surface area contributed by atoms with Gasteiger partial charge in [0.05, 0.1) is 12.6 Å². The Balaban J connectivity index is 1.84. The monoisotopic (exact) mass is 181 g/mol. The van der Waals surface area contributed by atoms with E-state index in [0.717, 1.165) is 6.42 Å². The first-order chi connectivity index (χ1) is 6.24. The quantitative estimate of drug-likeness (QED) is 0.610. The molecule has 1 amide bonds. The van der Waals surface area contributed by atoms with Gasteiger partial charge in [0.25, 0.3) is 0 Å². The first-order valence-electron chi connectivity index (χ1n) is 5.15. The third kappa shape index (κ3) is 0.966. The van der Waals surface area contributed by atoms with Gasteiger partial charge in [0.15, 0.2) is 0 Å². The molecule has 1 spiro atoms. The fourth-order valence-corrected chi connectivity index (χ4v) is 3.22. The Hall–Kier alpha value is -0.570. The number of nitrogens with one attached hydrogen (secondary N) is 1. The largest absolute Gasteiger partial charge is 0.394 e. The maximum Gasteiger partial charge on any atom is 0.223 e. The van der Waals surface area contributed by atoms with Crippen LogP contribution < -0.4 is 5.32 Å². The van der Waals surface area contributed by atoms with Gasteiger partial charge in [-0.2, -0.15) is 0 Å². The molecule has 2 aliphatic carbocycles. The lowest BCUT2D eigenvalue weighted by atomic mass is 9.94. The van der Waals surface area contributed by atoms with Crippen LogP contribution in [0, 0.1) is 17.3 Å². The Morgan fingerprint density at radius 2 is 2.23 bits per heavy atom. The maximum atomic E-state index is 11.5. The first-order valence-corrected chi connectivity index (χ1v) is 5.15. The van der Waals surface area contributed by atoms with Crippen molar-refractivity contribution in [1.82, 2.24) is 5.32 Å². The summed E-state index contributed by atoms with van der Waals surface area (Å²) in [5.41, 5.74) is 0.528. The minimum absolute atomic E-state index is 0.0532. The smallest absolute Gasteiger partial charge is 0.223 e. The average Bonchev–Trinajstić information content (AvgIpc) is 2.64. The van der Waals surface area contributed by atoms with Crippen molar-refractivity contribution in [2.75, 3.05) is 6.61 Å². The number of aliphatic hydroxyl groups excluding tert-OH is 1. The number of aliphatic hydroxyl groups is 1. The number of hydrogen-bond donors (Lipinski definition) is 2. The predicted octanol–water partition coefficient (Wildman–Crippen LogP) is 0.283. The second kappa shape index (κ2) is 2.27. The van der Waals surface area contributed by atoms with Crippen molar-refractivity contribution >= 4 is 5.91 Å². The molecule has 3 heteroatoms. The van der Waals surface area contributed by atoms with Crippen LogP contribution in [0.25, 0.3) is 0 Å². The summed E-state index contributed by atoms with van der Waals surface area (Å²) in [7, 11) is 0. The summed E-state index contributed by atoms with van der Waals surface area (Å²) in [4.78, 5) is 11.5. The third-order valence-electron chi connectivity index (χ3n) is 4.17. The van der Waals surface area contributed by atoms with Crippen molar-refractivity contribution in [2.45, 2.75) is 31.7 Å². The van der Waals surface area contributed by atoms with Crippen molar-refractivity contribution < 1.29 is 9.90 Å². The fourth-order valence-electron chi connectivity index (χ4n) is 3.22. The van der Waals surface area contributed by atoms with Crippen LogP contribution in [0.1, 0.15) is 25.7 Å². The van der Waals surface area contributed by atoms with E-state index in [0.29, 0.717) is 11.3 Å². The molecule has 2 unspecified atom stereocenters. The van der Waals surface area contributed by atoms with Crippen LogP contribution in [0.2, 0.25) is 0 Å². The molecule has 1 aliphatic heterocycles. The van der Waals surface area contributed by atoms with E-state index in [1.165, 1.54) is 19.3 Å². The van der Waals surface area contributed by atoms with Gasteiger partial charge in [-0.1, -0.05) is 0 Å². The van der Waals surface area contributed by atoms with Crippen LogP contribution in [0.15, 0.2) is 0 Å². The van der Waals surface area contributed by atoms with Crippen LogP contribution in [0.3, 0.4) is 0 Å². The topological polar surface area (TPSA) is 49.3 Å². The van der Waals surface area contributed by atoms with E-state index < -0.39 is 0 Å². The van der Waals surface area contributed by atoms with Crippen molar-refractivity contribution in [3.63, 3.8) is 0 Å². The summed E-state index contributed by atoms with van der Waals surface area (Å²) in [6, 6.07) is 0.0532. The standard InChI is InChI=1S/C10H15NO2/c12-5-8-6-3-10(1-2-10)4-7(6)9(13)11-8/h6-8,12H,1-5H2,(H,11,13)/t6-,7?,8?/m0/s1. The van der Waals surface area contributed by atoms with Gasteiger partial charge in [-0.25, -0.2) is 0 Å². The van der Waals surface area contributed by atoms with Gasteiger partial charge in [0.2, 0.25) is 5.91 Å². The van der Waals surface area contributed by atoms with Crippen molar-refractivity contribution in [1.29, 1.82) is 0 Å². The summed E-state index contributed by atoms with van der Waals surface area (Å²) in [5.74, 6) is 0.840. The Morgan fingerprint density at radius 1 is 1.46 bits per heavy atom. The Labute approximate surface area is 77.5 Å². The van der Waals surface area contributed by atoms with Gasteiger partial charge in [-0.3, -0.25) is 4.79 Å². The molecule has 13 heavy (non-hydrogen) atoms. The fraction of sp³-hybridized carbons (Fsp3) is 0.900. The maximum absolute atomic E-state index is 11.5. The SMILES string of the molecule is O=C1NC(CO)[C@H]2CC3(CC3)CC12. The van der Waals surface area contributed by atoms with Crippen molar-refractivity contribution in [3.05, 3.63) is 0 Å². The molecular weight excluding hydrogens is 166 g/mol. The minimum Gasteiger partial charge on any atom is -0.394 e. The molecule has 0 aromatic heterocycles. The number of amides is 1. The molecule has 0 radical (unpaired) electrons. The van der Waals surface area contributed by atoms with E-state index in [1.54, 1.807) is 0 Å². The molecule has 2 saturated carbocycles. The molecule has 1 heterocycles. The summed E-state index contributed by atoms with van der Waals surface area (Å²) in [6.45, 7) is 0.114. The average molecular weight is 181 g/mol. The molecule has 3 aliphatic rings. The number of carbonyl (C=O) groups excluding carboxylic acids is 1. The predicted molar refractivity (Wildman–Crippen MR) is 46.9 cm³/mol. The molecule has 72 valence electrons.